The van der Waals surface area contributed by atoms with E-state index in [2.05, 4.69) is 10.3 Å². The van der Waals surface area contributed by atoms with Crippen LogP contribution in [-0.4, -0.2) is 18.3 Å². The number of hydrogen-bond donors (Lipinski definition) is 2. The molecule has 0 amide bonds. The van der Waals surface area contributed by atoms with E-state index >= 15 is 0 Å². The van der Waals surface area contributed by atoms with Crippen LogP contribution in [0.5, 0.6) is 0 Å². The van der Waals surface area contributed by atoms with E-state index in [0.29, 0.717) is 6.54 Å². The number of hydrogen-bond acceptors (Lipinski definition) is 7. The van der Waals surface area contributed by atoms with Crippen LogP contribution in [0.1, 0.15) is 10.6 Å². The Balaban J connectivity index is 2.31. The van der Waals surface area contributed by atoms with Crippen molar-refractivity contribution in [2.75, 3.05) is 5.32 Å². The first-order valence-electron chi connectivity index (χ1n) is 5.73. The van der Waals surface area contributed by atoms with E-state index in [9.17, 15) is 18.5 Å². The number of nitrogens with one attached hydrogen (secondary N) is 1. The molecule has 2 aromatic rings. The summed E-state index contributed by atoms with van der Waals surface area (Å²) in [6.07, 6.45) is 0. The van der Waals surface area contributed by atoms with E-state index in [0.717, 1.165) is 16.6 Å². The van der Waals surface area contributed by atoms with Crippen molar-refractivity contribution in [1.29, 1.82) is 0 Å². The molecule has 0 fully saturated rings. The van der Waals surface area contributed by atoms with Crippen molar-refractivity contribution in [2.24, 2.45) is 5.14 Å². The average Bonchev–Trinajstić information content (AvgIpc) is 2.80. The number of nitro benzene ring substituents is 1. The summed E-state index contributed by atoms with van der Waals surface area (Å²) in [5, 5.41) is 18.9. The van der Waals surface area contributed by atoms with Crippen molar-refractivity contribution >= 4 is 32.7 Å². The smallest absolute Gasteiger partial charge is 0.293 e. The molecule has 0 aliphatic carbocycles. The van der Waals surface area contributed by atoms with Crippen molar-refractivity contribution in [1.82, 2.24) is 4.98 Å². The lowest BCUT2D eigenvalue weighted by Crippen LogP contribution is -2.13. The molecule has 1 aromatic heterocycles. The minimum Gasteiger partial charge on any atom is -0.375 e. The molecular weight excluding hydrogens is 316 g/mol. The topological polar surface area (TPSA) is 128 Å². The maximum Gasteiger partial charge on any atom is 0.293 e. The molecular formula is C11H12N4O4S2. The number of aryl methyl sites for hydroxylation is 1. The summed E-state index contributed by atoms with van der Waals surface area (Å²) in [7, 11) is -3.98. The summed E-state index contributed by atoms with van der Waals surface area (Å²) in [4.78, 5) is 15.1. The fourth-order valence-corrected chi connectivity index (χ4v) is 2.91. The first-order chi connectivity index (χ1) is 9.79. The van der Waals surface area contributed by atoms with Crippen LogP contribution in [0.2, 0.25) is 0 Å². The molecule has 112 valence electrons. The van der Waals surface area contributed by atoms with Crippen LogP contribution >= 0.6 is 11.3 Å². The van der Waals surface area contributed by atoms with E-state index in [1.807, 2.05) is 6.92 Å². The van der Waals surface area contributed by atoms with E-state index in [4.69, 9.17) is 5.14 Å². The van der Waals surface area contributed by atoms with Crippen molar-refractivity contribution in [2.45, 2.75) is 18.4 Å². The molecule has 0 bridgehead atoms. The van der Waals surface area contributed by atoms with Crippen LogP contribution in [-0.2, 0) is 16.6 Å². The second-order valence-corrected chi connectivity index (χ2v) is 6.70. The van der Waals surface area contributed by atoms with Crippen molar-refractivity contribution < 1.29 is 13.3 Å². The van der Waals surface area contributed by atoms with Crippen LogP contribution in [0.15, 0.2) is 28.6 Å². The third kappa shape index (κ3) is 3.54. The summed E-state index contributed by atoms with van der Waals surface area (Å²) >= 11 is 1.43. The number of sulfonamides is 1. The number of nitrogens with two attached hydrogens (primary N) is 1. The van der Waals surface area contributed by atoms with E-state index in [1.165, 1.54) is 23.5 Å². The number of primary sulfonamides is 1. The molecule has 1 aromatic carbocycles. The molecule has 0 radical (unpaired) electrons. The van der Waals surface area contributed by atoms with Crippen molar-refractivity contribution in [3.05, 3.63) is 44.4 Å². The van der Waals surface area contributed by atoms with Crippen molar-refractivity contribution in [3.8, 4) is 0 Å². The quantitative estimate of drug-likeness (QED) is 0.634. The summed E-state index contributed by atoms with van der Waals surface area (Å²) in [6, 6.07) is 3.50. The Kier molecular flexibility index (Phi) is 4.21. The lowest BCUT2D eigenvalue weighted by atomic mass is 10.2. The van der Waals surface area contributed by atoms with Gasteiger partial charge in [0.05, 0.1) is 27.6 Å². The van der Waals surface area contributed by atoms with Crippen LogP contribution in [0, 0.1) is 17.0 Å². The molecule has 0 unspecified atom stereocenters. The molecule has 8 nitrogen and oxygen atoms in total. The molecule has 3 N–H and O–H groups in total. The highest BCUT2D eigenvalue weighted by Crippen LogP contribution is 2.28. The molecule has 0 atom stereocenters. The van der Waals surface area contributed by atoms with E-state index in [-0.39, 0.29) is 16.3 Å². The number of anilines is 1. The maximum absolute atomic E-state index is 11.2. The molecule has 0 saturated heterocycles. The second kappa shape index (κ2) is 5.76. The number of nitro groups is 1. The van der Waals surface area contributed by atoms with E-state index < -0.39 is 14.9 Å². The molecule has 10 heteroatoms. The Morgan fingerprint density at radius 1 is 1.48 bits per heavy atom. The van der Waals surface area contributed by atoms with Gasteiger partial charge in [-0.15, -0.1) is 11.3 Å². The summed E-state index contributed by atoms with van der Waals surface area (Å²) in [5.74, 6) is 0. The molecule has 1 heterocycles. The molecule has 0 aliphatic rings. The Hall–Kier alpha value is -2.04. The highest BCUT2D eigenvalue weighted by atomic mass is 32.2. The van der Waals surface area contributed by atoms with Gasteiger partial charge in [0.1, 0.15) is 5.69 Å². The van der Waals surface area contributed by atoms with Crippen LogP contribution in [0.3, 0.4) is 0 Å². The summed E-state index contributed by atoms with van der Waals surface area (Å²) in [6.45, 7) is 2.21. The largest absolute Gasteiger partial charge is 0.375 e. The lowest BCUT2D eigenvalue weighted by Gasteiger charge is -2.07. The normalized spacial score (nSPS) is 11.3. The monoisotopic (exact) mass is 328 g/mol. The van der Waals surface area contributed by atoms with Gasteiger partial charge >= 0.3 is 0 Å². The number of thiazole rings is 1. The number of aromatic nitrogens is 1. The van der Waals surface area contributed by atoms with Gasteiger partial charge < -0.3 is 5.32 Å². The Morgan fingerprint density at radius 2 is 2.19 bits per heavy atom. The SMILES string of the molecule is Cc1ncsc1CNc1ccc(S(N)(=O)=O)cc1[N+](=O)[O-]. The van der Waals surface area contributed by atoms with Crippen LogP contribution in [0.25, 0.3) is 0 Å². The second-order valence-electron chi connectivity index (χ2n) is 4.20. The molecule has 0 spiro atoms. The fourth-order valence-electron chi connectivity index (χ4n) is 1.66. The maximum atomic E-state index is 11.2. The van der Waals surface area contributed by atoms with Gasteiger partial charge in [-0.25, -0.2) is 18.5 Å². The van der Waals surface area contributed by atoms with Gasteiger partial charge in [-0.05, 0) is 19.1 Å². The zero-order valence-corrected chi connectivity index (χ0v) is 12.6. The fraction of sp³-hybridized carbons (Fsp3) is 0.182. The zero-order chi connectivity index (χ0) is 15.6. The van der Waals surface area contributed by atoms with Gasteiger partial charge in [-0.1, -0.05) is 0 Å². The number of nitrogens with zero attached hydrogens (tertiary/aromatic N) is 2. The Labute approximate surface area is 124 Å². The minimum atomic E-state index is -3.98. The Morgan fingerprint density at radius 3 is 2.71 bits per heavy atom. The first kappa shape index (κ1) is 15.4. The van der Waals surface area contributed by atoms with Gasteiger partial charge in [0.15, 0.2) is 0 Å². The van der Waals surface area contributed by atoms with Gasteiger partial charge in [0, 0.05) is 10.9 Å². The molecule has 21 heavy (non-hydrogen) atoms. The third-order valence-corrected chi connectivity index (χ3v) is 4.62. The van der Waals surface area contributed by atoms with Crippen LogP contribution < -0.4 is 10.5 Å². The predicted molar refractivity (Wildman–Crippen MR) is 78.6 cm³/mol. The van der Waals surface area contributed by atoms with Gasteiger partial charge in [-0.2, -0.15) is 0 Å². The van der Waals surface area contributed by atoms with Gasteiger partial charge in [0.2, 0.25) is 10.0 Å². The Bertz CT molecular complexity index is 785. The van der Waals surface area contributed by atoms with Gasteiger partial charge in [0.25, 0.3) is 5.69 Å². The summed E-state index contributed by atoms with van der Waals surface area (Å²) < 4.78 is 22.5. The molecule has 2 rings (SSSR count). The standard InChI is InChI=1S/C11H12N4O4S2/c1-7-11(20-6-14-7)5-13-9-3-2-8(21(12,18)19)4-10(9)15(16)17/h2-4,6,13H,5H2,1H3,(H2,12,18,19). The first-order valence-corrected chi connectivity index (χ1v) is 8.15. The highest BCUT2D eigenvalue weighted by Gasteiger charge is 2.19. The van der Waals surface area contributed by atoms with E-state index in [1.54, 1.807) is 5.51 Å². The average molecular weight is 328 g/mol. The minimum absolute atomic E-state index is 0.222. The molecule has 0 aliphatic heterocycles. The predicted octanol–water partition coefficient (Wildman–Crippen LogP) is 1.62. The lowest BCUT2D eigenvalue weighted by molar-refractivity contribution is -0.384. The zero-order valence-electron chi connectivity index (χ0n) is 10.9. The number of rotatable bonds is 5. The third-order valence-electron chi connectivity index (χ3n) is 2.78. The van der Waals surface area contributed by atoms with Crippen LogP contribution in [0.4, 0.5) is 11.4 Å². The number of benzene rings is 1. The molecule has 0 saturated carbocycles. The highest BCUT2D eigenvalue weighted by molar-refractivity contribution is 7.89. The van der Waals surface area contributed by atoms with Crippen molar-refractivity contribution in [3.63, 3.8) is 0 Å². The van der Waals surface area contributed by atoms with Gasteiger partial charge in [-0.3, -0.25) is 10.1 Å². The summed E-state index contributed by atoms with van der Waals surface area (Å²) in [5.41, 5.74) is 2.41.